The smallest absolute Gasteiger partial charge is 0.312 e. The van der Waals surface area contributed by atoms with Crippen LogP contribution in [0, 0.1) is 13.8 Å². The number of imidazole rings is 1. The van der Waals surface area contributed by atoms with Gasteiger partial charge in [-0.25, -0.2) is 9.50 Å². The summed E-state index contributed by atoms with van der Waals surface area (Å²) in [6.45, 7) is 4.20. The molecule has 0 aromatic carbocycles. The summed E-state index contributed by atoms with van der Waals surface area (Å²) in [5.41, 5.74) is 4.67. The van der Waals surface area contributed by atoms with Gasteiger partial charge in [0, 0.05) is 31.8 Å². The number of amides is 1. The first kappa shape index (κ1) is 15.7. The minimum atomic E-state index is -0.418. The number of pyridine rings is 1. The Labute approximate surface area is 154 Å². The molecule has 0 spiro atoms. The van der Waals surface area contributed by atoms with E-state index in [1.165, 1.54) is 0 Å². The number of rotatable bonds is 2. The molecule has 1 amide bonds. The van der Waals surface area contributed by atoms with E-state index in [2.05, 4.69) is 20.2 Å². The van der Waals surface area contributed by atoms with Crippen molar-refractivity contribution < 1.29 is 9.21 Å². The van der Waals surface area contributed by atoms with Crippen LogP contribution in [0.4, 0.5) is 0 Å². The molecule has 1 atom stereocenters. The number of hydrogen-bond acceptors (Lipinski definition) is 6. The number of nitrogens with one attached hydrogen (secondary N) is 1. The number of fused-ring (bicyclic) bond motifs is 2. The van der Waals surface area contributed by atoms with Crippen molar-refractivity contribution in [3.05, 3.63) is 65.1 Å². The third kappa shape index (κ3) is 2.42. The van der Waals surface area contributed by atoms with Gasteiger partial charge in [-0.3, -0.25) is 4.79 Å². The second-order valence-corrected chi connectivity index (χ2v) is 6.63. The number of aromatic nitrogens is 6. The molecule has 27 heavy (non-hydrogen) atoms. The zero-order valence-electron chi connectivity index (χ0n) is 14.9. The van der Waals surface area contributed by atoms with Crippen LogP contribution in [0.1, 0.15) is 45.3 Å². The number of H-pyrrole nitrogens is 1. The molecule has 1 N–H and O–H groups in total. The largest absolute Gasteiger partial charge is 0.417 e. The quantitative estimate of drug-likeness (QED) is 0.583. The topological polar surface area (TPSA) is 105 Å². The molecule has 5 heterocycles. The van der Waals surface area contributed by atoms with Crippen molar-refractivity contribution in [3.8, 4) is 0 Å². The number of carbonyl (C=O) groups excluding carboxylic acids is 1. The lowest BCUT2D eigenvalue weighted by Gasteiger charge is -2.32. The van der Waals surface area contributed by atoms with Gasteiger partial charge in [0.2, 0.25) is 5.89 Å². The standard InChI is InChI=1S/C18H17N7O2/c1-10-4-3-6-25-14(10)8-13(23-25)16-15-12(19-9-20-15)5-7-24(16)18(26)17-22-21-11(2)27-17/h3-4,6,8-9,16H,5,7H2,1-2H3,(H,19,20). The van der Waals surface area contributed by atoms with Gasteiger partial charge in [0.05, 0.1) is 23.2 Å². The van der Waals surface area contributed by atoms with Crippen LogP contribution in [0.5, 0.6) is 0 Å². The van der Waals surface area contributed by atoms with Gasteiger partial charge < -0.3 is 14.3 Å². The van der Waals surface area contributed by atoms with Crippen molar-refractivity contribution in [2.75, 3.05) is 6.54 Å². The maximum Gasteiger partial charge on any atom is 0.312 e. The predicted octanol–water partition coefficient (Wildman–Crippen LogP) is 1.85. The van der Waals surface area contributed by atoms with E-state index in [0.29, 0.717) is 18.9 Å². The molecule has 9 heteroatoms. The lowest BCUT2D eigenvalue weighted by atomic mass is 9.99. The fourth-order valence-corrected chi connectivity index (χ4v) is 3.61. The minimum absolute atomic E-state index is 0.0172. The van der Waals surface area contributed by atoms with Gasteiger partial charge in [0.25, 0.3) is 0 Å². The van der Waals surface area contributed by atoms with E-state index in [1.54, 1.807) is 18.2 Å². The molecule has 0 aliphatic carbocycles. The van der Waals surface area contributed by atoms with Gasteiger partial charge in [-0.1, -0.05) is 6.07 Å². The molecule has 0 saturated heterocycles. The Morgan fingerprint density at radius 2 is 2.22 bits per heavy atom. The van der Waals surface area contributed by atoms with Gasteiger partial charge in [-0.05, 0) is 24.6 Å². The molecule has 5 rings (SSSR count). The molecular weight excluding hydrogens is 346 g/mol. The molecule has 0 fully saturated rings. The Bertz CT molecular complexity index is 1160. The van der Waals surface area contributed by atoms with Gasteiger partial charge in [0.15, 0.2) is 0 Å². The van der Waals surface area contributed by atoms with Crippen LogP contribution < -0.4 is 0 Å². The van der Waals surface area contributed by atoms with Crippen LogP contribution in [0.2, 0.25) is 0 Å². The molecular formula is C18H17N7O2. The van der Waals surface area contributed by atoms with E-state index in [4.69, 9.17) is 9.52 Å². The zero-order chi connectivity index (χ0) is 18.5. The third-order valence-corrected chi connectivity index (χ3v) is 4.91. The molecule has 136 valence electrons. The van der Waals surface area contributed by atoms with Gasteiger partial charge in [-0.2, -0.15) is 5.10 Å². The minimum Gasteiger partial charge on any atom is -0.417 e. The number of carbonyl (C=O) groups is 1. The summed E-state index contributed by atoms with van der Waals surface area (Å²) in [5, 5.41) is 12.4. The summed E-state index contributed by atoms with van der Waals surface area (Å²) >= 11 is 0. The second-order valence-electron chi connectivity index (χ2n) is 6.63. The van der Waals surface area contributed by atoms with E-state index in [1.807, 2.05) is 35.8 Å². The Balaban J connectivity index is 1.64. The summed E-state index contributed by atoms with van der Waals surface area (Å²) in [4.78, 5) is 22.4. The lowest BCUT2D eigenvalue weighted by Crippen LogP contribution is -2.41. The van der Waals surface area contributed by atoms with E-state index in [0.717, 1.165) is 28.2 Å². The highest BCUT2D eigenvalue weighted by Crippen LogP contribution is 2.34. The van der Waals surface area contributed by atoms with Crippen LogP contribution in [0.3, 0.4) is 0 Å². The fourth-order valence-electron chi connectivity index (χ4n) is 3.61. The normalized spacial score (nSPS) is 16.7. The number of hydrogen-bond donors (Lipinski definition) is 1. The van der Waals surface area contributed by atoms with Gasteiger partial charge >= 0.3 is 11.8 Å². The number of aryl methyl sites for hydroxylation is 2. The summed E-state index contributed by atoms with van der Waals surface area (Å²) in [5.74, 6) is 0.0233. The van der Waals surface area contributed by atoms with Crippen LogP contribution in [-0.4, -0.2) is 47.1 Å². The monoisotopic (exact) mass is 363 g/mol. The highest BCUT2D eigenvalue weighted by atomic mass is 16.4. The lowest BCUT2D eigenvalue weighted by molar-refractivity contribution is 0.0644. The predicted molar refractivity (Wildman–Crippen MR) is 94.1 cm³/mol. The molecule has 4 aromatic heterocycles. The molecule has 1 aliphatic heterocycles. The average molecular weight is 363 g/mol. The van der Waals surface area contributed by atoms with Crippen molar-refractivity contribution in [1.29, 1.82) is 0 Å². The van der Waals surface area contributed by atoms with E-state index < -0.39 is 6.04 Å². The number of aromatic amines is 1. The van der Waals surface area contributed by atoms with E-state index >= 15 is 0 Å². The summed E-state index contributed by atoms with van der Waals surface area (Å²) in [6.07, 6.45) is 4.23. The first-order chi connectivity index (χ1) is 13.1. The molecule has 1 aliphatic rings. The molecule has 0 radical (unpaired) electrons. The van der Waals surface area contributed by atoms with Crippen LogP contribution in [-0.2, 0) is 6.42 Å². The summed E-state index contributed by atoms with van der Waals surface area (Å²) < 4.78 is 7.19. The Morgan fingerprint density at radius 3 is 3.00 bits per heavy atom. The van der Waals surface area contributed by atoms with Crippen molar-refractivity contribution >= 4 is 11.4 Å². The first-order valence-electron chi connectivity index (χ1n) is 8.70. The number of nitrogens with zero attached hydrogens (tertiary/aromatic N) is 6. The first-order valence-corrected chi connectivity index (χ1v) is 8.70. The molecule has 4 aromatic rings. The van der Waals surface area contributed by atoms with Crippen LogP contribution >= 0.6 is 0 Å². The Morgan fingerprint density at radius 1 is 1.33 bits per heavy atom. The van der Waals surface area contributed by atoms with Crippen molar-refractivity contribution in [1.82, 2.24) is 34.7 Å². The van der Waals surface area contributed by atoms with E-state index in [-0.39, 0.29) is 11.8 Å². The zero-order valence-corrected chi connectivity index (χ0v) is 14.9. The third-order valence-electron chi connectivity index (χ3n) is 4.91. The molecule has 9 nitrogen and oxygen atoms in total. The Hall–Kier alpha value is -3.49. The Kier molecular flexibility index (Phi) is 3.36. The van der Waals surface area contributed by atoms with Crippen LogP contribution in [0.25, 0.3) is 5.52 Å². The fraction of sp³-hybridized carbons (Fsp3) is 0.278. The van der Waals surface area contributed by atoms with Crippen molar-refractivity contribution in [2.45, 2.75) is 26.3 Å². The summed E-state index contributed by atoms with van der Waals surface area (Å²) in [6, 6.07) is 5.57. The van der Waals surface area contributed by atoms with Crippen molar-refractivity contribution in [3.63, 3.8) is 0 Å². The molecule has 1 unspecified atom stereocenters. The van der Waals surface area contributed by atoms with E-state index in [9.17, 15) is 4.79 Å². The van der Waals surface area contributed by atoms with Gasteiger partial charge in [0.1, 0.15) is 6.04 Å². The highest BCUT2D eigenvalue weighted by molar-refractivity contribution is 5.90. The molecule has 0 saturated carbocycles. The maximum absolute atomic E-state index is 13.1. The SMILES string of the molecule is Cc1nnc(C(=O)N2CCc3[nH]cnc3C2c2cc3c(C)cccn3n2)o1. The van der Waals surface area contributed by atoms with Crippen molar-refractivity contribution in [2.24, 2.45) is 0 Å². The average Bonchev–Trinajstić information content (AvgIpc) is 3.39. The molecule has 0 bridgehead atoms. The van der Waals surface area contributed by atoms with Gasteiger partial charge in [-0.15, -0.1) is 10.2 Å². The second kappa shape index (κ2) is 5.76. The van der Waals surface area contributed by atoms with Crippen LogP contribution in [0.15, 0.2) is 35.1 Å². The summed E-state index contributed by atoms with van der Waals surface area (Å²) in [7, 11) is 0. The maximum atomic E-state index is 13.1. The highest BCUT2D eigenvalue weighted by Gasteiger charge is 2.38.